The van der Waals surface area contributed by atoms with Crippen molar-refractivity contribution in [3.05, 3.63) is 0 Å². The van der Waals surface area contributed by atoms with Crippen LogP contribution in [-0.4, -0.2) is 68.0 Å². The minimum Gasteiger partial charge on any atom is -0.480 e. The maximum absolute atomic E-state index is 12.7. The molecule has 0 radical (unpaired) electrons. The van der Waals surface area contributed by atoms with E-state index in [4.69, 9.17) is 9.47 Å². The van der Waals surface area contributed by atoms with Crippen LogP contribution in [0.15, 0.2) is 0 Å². The number of carbonyl (C=O) groups is 5. The number of rotatable bonds is 5. The summed E-state index contributed by atoms with van der Waals surface area (Å²) in [4.78, 5) is 60.3. The number of amides is 3. The van der Waals surface area contributed by atoms with E-state index in [0.29, 0.717) is 5.01 Å². The van der Waals surface area contributed by atoms with E-state index >= 15 is 0 Å². The second-order valence-corrected chi connectivity index (χ2v) is 8.96. The van der Waals surface area contributed by atoms with E-state index in [1.807, 2.05) is 5.43 Å². The Morgan fingerprint density at radius 2 is 1.63 bits per heavy atom. The molecule has 0 aromatic heterocycles. The quantitative estimate of drug-likeness (QED) is 0.467. The summed E-state index contributed by atoms with van der Waals surface area (Å²) in [6, 6.07) is -1.87. The summed E-state index contributed by atoms with van der Waals surface area (Å²) < 4.78 is 10.2. The van der Waals surface area contributed by atoms with Gasteiger partial charge in [0, 0.05) is 12.8 Å². The van der Waals surface area contributed by atoms with Crippen LogP contribution in [0.4, 0.5) is 9.59 Å². The van der Waals surface area contributed by atoms with Gasteiger partial charge < -0.3 is 25.0 Å². The predicted octanol–water partition coefficient (Wildman–Crippen LogP) is 1.24. The Bertz CT molecular complexity index is 723. The highest BCUT2D eigenvalue weighted by Crippen LogP contribution is 2.28. The molecule has 12 heteroatoms. The van der Waals surface area contributed by atoms with Crippen LogP contribution >= 0.6 is 0 Å². The Hall–Kier alpha value is -3.05. The predicted molar refractivity (Wildman–Crippen MR) is 101 cm³/mol. The Kier molecular flexibility index (Phi) is 7.29. The first kappa shape index (κ1) is 25.0. The molecule has 2 atom stereocenters. The van der Waals surface area contributed by atoms with Gasteiger partial charge in [-0.05, 0) is 48.0 Å². The number of carboxylic acid groups (broad SMARTS) is 2. The van der Waals surface area contributed by atoms with Crippen molar-refractivity contribution in [1.29, 1.82) is 0 Å². The van der Waals surface area contributed by atoms with Gasteiger partial charge in [-0.15, -0.1) is 0 Å². The number of nitrogens with zero attached hydrogens (tertiary/aromatic N) is 1. The number of carbonyl (C=O) groups excluding carboxylic acids is 3. The molecule has 0 saturated carbocycles. The van der Waals surface area contributed by atoms with Crippen LogP contribution in [-0.2, 0) is 23.9 Å². The van der Waals surface area contributed by atoms with E-state index in [1.54, 1.807) is 20.8 Å². The number of ether oxygens (including phenoxy) is 2. The second kappa shape index (κ2) is 8.76. The smallest absolute Gasteiger partial charge is 0.430 e. The van der Waals surface area contributed by atoms with E-state index in [0.717, 1.165) is 0 Å². The third-order valence-corrected chi connectivity index (χ3v) is 3.91. The van der Waals surface area contributed by atoms with Gasteiger partial charge in [-0.25, -0.2) is 29.6 Å². The van der Waals surface area contributed by atoms with Crippen LogP contribution in [0.5, 0.6) is 0 Å². The minimum atomic E-state index is -1.92. The zero-order chi connectivity index (χ0) is 23.5. The van der Waals surface area contributed by atoms with Gasteiger partial charge >= 0.3 is 24.1 Å². The zero-order valence-corrected chi connectivity index (χ0v) is 17.9. The third-order valence-electron chi connectivity index (χ3n) is 3.91. The van der Waals surface area contributed by atoms with E-state index in [1.165, 1.54) is 20.8 Å². The lowest BCUT2D eigenvalue weighted by molar-refractivity contribution is -0.150. The SMILES string of the molecule is CC(C)(C)OC(=O)NN(C(=O)OC(C)(C)C)C(CC1(C(=O)O)CCC(=O)N1)C(=O)O. The molecule has 0 aromatic rings. The summed E-state index contributed by atoms with van der Waals surface area (Å²) in [6.07, 6.45) is -3.38. The van der Waals surface area contributed by atoms with Gasteiger partial charge in [0.1, 0.15) is 16.7 Å². The Morgan fingerprint density at radius 1 is 1.10 bits per heavy atom. The fraction of sp³-hybridized carbons (Fsp3) is 0.722. The maximum atomic E-state index is 12.7. The highest BCUT2D eigenvalue weighted by Gasteiger charge is 2.50. The molecule has 1 aliphatic rings. The average molecular weight is 431 g/mol. The molecule has 170 valence electrons. The molecule has 1 fully saturated rings. The van der Waals surface area contributed by atoms with Crippen molar-refractivity contribution in [2.45, 2.75) is 83.6 Å². The molecule has 1 rings (SSSR count). The van der Waals surface area contributed by atoms with Crippen LogP contribution in [0, 0.1) is 0 Å². The number of nitrogens with one attached hydrogen (secondary N) is 2. The first-order chi connectivity index (χ1) is 13.5. The Balaban J connectivity index is 3.28. The van der Waals surface area contributed by atoms with Gasteiger partial charge in [0.25, 0.3) is 0 Å². The molecule has 0 aromatic carbocycles. The summed E-state index contributed by atoms with van der Waals surface area (Å²) in [5.41, 5.74) is -1.89. The van der Waals surface area contributed by atoms with Gasteiger partial charge in [0.05, 0.1) is 0 Å². The minimum absolute atomic E-state index is 0.120. The standard InChI is InChI=1S/C18H29N3O9/c1-16(2,3)29-14(27)20-21(15(28)30-17(4,5)6)10(12(23)24)9-18(13(25)26)8-7-11(22)19-18/h10H,7-9H2,1-6H3,(H,19,22)(H,20,27)(H,23,24)(H,25,26). The molecule has 1 aliphatic heterocycles. The lowest BCUT2D eigenvalue weighted by Crippen LogP contribution is -2.61. The van der Waals surface area contributed by atoms with Crippen molar-refractivity contribution in [2.24, 2.45) is 0 Å². The number of carboxylic acids is 2. The fourth-order valence-electron chi connectivity index (χ4n) is 2.70. The molecule has 2 unspecified atom stereocenters. The summed E-state index contributed by atoms with van der Waals surface area (Å²) in [6.45, 7) is 9.28. The maximum Gasteiger partial charge on any atom is 0.430 e. The monoisotopic (exact) mass is 431 g/mol. The van der Waals surface area contributed by atoms with Gasteiger partial charge in [0.15, 0.2) is 6.04 Å². The topological polar surface area (TPSA) is 172 Å². The van der Waals surface area contributed by atoms with Crippen LogP contribution in [0.3, 0.4) is 0 Å². The van der Waals surface area contributed by atoms with Crippen molar-refractivity contribution in [2.75, 3.05) is 0 Å². The number of hydrazine groups is 1. The number of hydrogen-bond acceptors (Lipinski definition) is 7. The van der Waals surface area contributed by atoms with E-state index < -0.39 is 59.2 Å². The van der Waals surface area contributed by atoms with Gasteiger partial charge in [-0.1, -0.05) is 0 Å². The number of aliphatic carboxylic acids is 2. The van der Waals surface area contributed by atoms with Crippen molar-refractivity contribution < 1.29 is 43.7 Å². The Labute approximate surface area is 173 Å². The zero-order valence-electron chi connectivity index (χ0n) is 17.9. The van der Waals surface area contributed by atoms with Crippen LogP contribution in [0.25, 0.3) is 0 Å². The number of hydrogen-bond donors (Lipinski definition) is 4. The third kappa shape index (κ3) is 7.08. The molecule has 3 amide bonds. The first-order valence-electron chi connectivity index (χ1n) is 9.25. The lowest BCUT2D eigenvalue weighted by atomic mass is 9.89. The first-order valence-corrected chi connectivity index (χ1v) is 9.25. The van der Waals surface area contributed by atoms with Crippen LogP contribution in [0.2, 0.25) is 0 Å². The highest BCUT2D eigenvalue weighted by atomic mass is 16.6. The summed E-state index contributed by atoms with van der Waals surface area (Å²) in [5, 5.41) is 21.9. The summed E-state index contributed by atoms with van der Waals surface area (Å²) in [7, 11) is 0. The van der Waals surface area contributed by atoms with Crippen LogP contribution < -0.4 is 10.7 Å². The van der Waals surface area contributed by atoms with E-state index in [9.17, 15) is 34.2 Å². The second-order valence-electron chi connectivity index (χ2n) is 8.96. The van der Waals surface area contributed by atoms with Crippen molar-refractivity contribution in [3.63, 3.8) is 0 Å². The Morgan fingerprint density at radius 3 is 2.00 bits per heavy atom. The summed E-state index contributed by atoms with van der Waals surface area (Å²) >= 11 is 0. The van der Waals surface area contributed by atoms with E-state index in [-0.39, 0.29) is 12.8 Å². The molecule has 0 spiro atoms. The average Bonchev–Trinajstić information content (AvgIpc) is 2.89. The molecule has 0 bridgehead atoms. The van der Waals surface area contributed by atoms with E-state index in [2.05, 4.69) is 5.32 Å². The summed E-state index contributed by atoms with van der Waals surface area (Å²) in [5.74, 6) is -3.63. The van der Waals surface area contributed by atoms with Crippen LogP contribution in [0.1, 0.15) is 60.8 Å². The largest absolute Gasteiger partial charge is 0.480 e. The molecular formula is C18H29N3O9. The van der Waals surface area contributed by atoms with Gasteiger partial charge in [-0.2, -0.15) is 0 Å². The van der Waals surface area contributed by atoms with Crippen molar-refractivity contribution in [3.8, 4) is 0 Å². The lowest BCUT2D eigenvalue weighted by Gasteiger charge is -2.35. The highest BCUT2D eigenvalue weighted by molar-refractivity contribution is 5.92. The molecule has 12 nitrogen and oxygen atoms in total. The molecule has 1 saturated heterocycles. The van der Waals surface area contributed by atoms with Gasteiger partial charge in [-0.3, -0.25) is 4.79 Å². The molecule has 1 heterocycles. The molecule has 4 N–H and O–H groups in total. The normalized spacial score (nSPS) is 20.0. The molecule has 30 heavy (non-hydrogen) atoms. The van der Waals surface area contributed by atoms with Gasteiger partial charge in [0.2, 0.25) is 5.91 Å². The van der Waals surface area contributed by atoms with Crippen molar-refractivity contribution in [1.82, 2.24) is 15.8 Å². The molecular weight excluding hydrogens is 402 g/mol. The fourth-order valence-corrected chi connectivity index (χ4v) is 2.70. The molecule has 0 aliphatic carbocycles. The van der Waals surface area contributed by atoms with Crippen molar-refractivity contribution >= 4 is 30.0 Å².